The number of hydrogen-bond acceptors (Lipinski definition) is 3. The van der Waals surface area contributed by atoms with Gasteiger partial charge in [-0.05, 0) is 36.2 Å². The molecule has 0 fully saturated rings. The zero-order valence-electron chi connectivity index (χ0n) is 14.0. The third-order valence-electron chi connectivity index (χ3n) is 3.23. The predicted molar refractivity (Wildman–Crippen MR) is 93.0 cm³/mol. The SMILES string of the molecule is NC(=NCc1ccc(OC(F)(F)F)cc1)NCCCOc1ccccc1. The molecule has 8 heteroatoms. The molecule has 0 amide bonds. The molecule has 0 saturated carbocycles. The van der Waals surface area contributed by atoms with Crippen LogP contribution in [0.1, 0.15) is 12.0 Å². The highest BCUT2D eigenvalue weighted by molar-refractivity contribution is 5.77. The molecule has 2 aromatic rings. The van der Waals surface area contributed by atoms with E-state index in [1.165, 1.54) is 24.3 Å². The van der Waals surface area contributed by atoms with E-state index in [-0.39, 0.29) is 18.3 Å². The lowest BCUT2D eigenvalue weighted by Gasteiger charge is -2.09. The van der Waals surface area contributed by atoms with Crippen molar-refractivity contribution in [2.75, 3.05) is 13.2 Å². The van der Waals surface area contributed by atoms with Crippen molar-refractivity contribution < 1.29 is 22.6 Å². The van der Waals surface area contributed by atoms with Crippen molar-refractivity contribution in [1.82, 2.24) is 5.32 Å². The highest BCUT2D eigenvalue weighted by Gasteiger charge is 2.30. The number of benzene rings is 2. The summed E-state index contributed by atoms with van der Waals surface area (Å²) in [5, 5.41) is 2.96. The lowest BCUT2D eigenvalue weighted by Crippen LogP contribution is -2.33. The van der Waals surface area contributed by atoms with Gasteiger partial charge in [0.05, 0.1) is 13.2 Å². The number of para-hydroxylation sites is 1. The van der Waals surface area contributed by atoms with Crippen LogP contribution in [-0.2, 0) is 6.54 Å². The van der Waals surface area contributed by atoms with Gasteiger partial charge in [0.15, 0.2) is 5.96 Å². The molecule has 0 aliphatic rings. The zero-order valence-corrected chi connectivity index (χ0v) is 14.0. The van der Waals surface area contributed by atoms with Crippen LogP contribution in [0.2, 0.25) is 0 Å². The number of alkyl halides is 3. The number of hydrogen-bond donors (Lipinski definition) is 2. The van der Waals surface area contributed by atoms with Crippen molar-refractivity contribution in [2.45, 2.75) is 19.3 Å². The molecule has 0 saturated heterocycles. The van der Waals surface area contributed by atoms with Crippen LogP contribution in [0.5, 0.6) is 11.5 Å². The van der Waals surface area contributed by atoms with Crippen LogP contribution in [0.3, 0.4) is 0 Å². The largest absolute Gasteiger partial charge is 0.573 e. The van der Waals surface area contributed by atoms with Gasteiger partial charge in [-0.3, -0.25) is 0 Å². The molecule has 140 valence electrons. The summed E-state index contributed by atoms with van der Waals surface area (Å²) in [5.74, 6) is 0.808. The highest BCUT2D eigenvalue weighted by atomic mass is 19.4. The standard InChI is InChI=1S/C18H20F3N3O2/c19-18(20,21)26-16-9-7-14(8-10-16)13-24-17(22)23-11-4-12-25-15-5-2-1-3-6-15/h1-3,5-10H,4,11-13H2,(H3,22,23,24). The molecule has 0 spiro atoms. The minimum absolute atomic E-state index is 0.256. The Labute approximate surface area is 149 Å². The minimum Gasteiger partial charge on any atom is -0.494 e. The number of halogens is 3. The Morgan fingerprint density at radius 2 is 1.69 bits per heavy atom. The van der Waals surface area contributed by atoms with Gasteiger partial charge in [0.1, 0.15) is 11.5 Å². The summed E-state index contributed by atoms with van der Waals surface area (Å²) in [6.45, 7) is 1.40. The molecule has 2 aromatic carbocycles. The van der Waals surface area contributed by atoms with E-state index in [1.54, 1.807) is 0 Å². The van der Waals surface area contributed by atoms with E-state index in [2.05, 4.69) is 15.0 Å². The molecule has 0 aromatic heterocycles. The van der Waals surface area contributed by atoms with E-state index >= 15 is 0 Å². The van der Waals surface area contributed by atoms with Crippen molar-refractivity contribution in [3.63, 3.8) is 0 Å². The van der Waals surface area contributed by atoms with Gasteiger partial charge >= 0.3 is 6.36 Å². The summed E-state index contributed by atoms with van der Waals surface area (Å²) in [6.07, 6.45) is -3.95. The van der Waals surface area contributed by atoms with E-state index in [9.17, 15) is 13.2 Å². The van der Waals surface area contributed by atoms with E-state index < -0.39 is 6.36 Å². The van der Waals surface area contributed by atoms with Gasteiger partial charge in [0.2, 0.25) is 0 Å². The van der Waals surface area contributed by atoms with Crippen molar-refractivity contribution in [2.24, 2.45) is 10.7 Å². The number of nitrogens with one attached hydrogen (secondary N) is 1. The fraction of sp³-hybridized carbons (Fsp3) is 0.278. The van der Waals surface area contributed by atoms with Gasteiger partial charge in [-0.2, -0.15) is 0 Å². The lowest BCUT2D eigenvalue weighted by atomic mass is 10.2. The summed E-state index contributed by atoms with van der Waals surface area (Å²) in [4.78, 5) is 4.13. The molecule has 5 nitrogen and oxygen atoms in total. The smallest absolute Gasteiger partial charge is 0.494 e. The summed E-state index contributed by atoms with van der Waals surface area (Å²) < 4.78 is 45.6. The average molecular weight is 367 g/mol. The number of nitrogens with two attached hydrogens (primary N) is 1. The molecule has 0 aliphatic carbocycles. The summed E-state index contributed by atoms with van der Waals surface area (Å²) in [7, 11) is 0. The Hall–Kier alpha value is -2.90. The third-order valence-corrected chi connectivity index (χ3v) is 3.23. The average Bonchev–Trinajstić information content (AvgIpc) is 2.60. The van der Waals surface area contributed by atoms with Crippen LogP contribution in [0.4, 0.5) is 13.2 Å². The van der Waals surface area contributed by atoms with Crippen LogP contribution in [0, 0.1) is 0 Å². The normalized spacial score (nSPS) is 11.9. The Bertz CT molecular complexity index is 689. The predicted octanol–water partition coefficient (Wildman–Crippen LogP) is 3.46. The van der Waals surface area contributed by atoms with Gasteiger partial charge in [0.25, 0.3) is 0 Å². The lowest BCUT2D eigenvalue weighted by molar-refractivity contribution is -0.274. The number of guanidine groups is 1. The van der Waals surface area contributed by atoms with Crippen molar-refractivity contribution in [1.29, 1.82) is 0 Å². The quantitative estimate of drug-likeness (QED) is 0.426. The molecule has 0 unspecified atom stereocenters. The first kappa shape index (κ1) is 19.4. The third kappa shape index (κ3) is 7.78. The molecular weight excluding hydrogens is 347 g/mol. The van der Waals surface area contributed by atoms with Crippen LogP contribution >= 0.6 is 0 Å². The monoisotopic (exact) mass is 367 g/mol. The van der Waals surface area contributed by atoms with Gasteiger partial charge in [0, 0.05) is 6.54 Å². The fourth-order valence-corrected chi connectivity index (χ4v) is 2.02. The number of nitrogens with zero attached hydrogens (tertiary/aromatic N) is 1. The van der Waals surface area contributed by atoms with E-state index in [4.69, 9.17) is 10.5 Å². The number of ether oxygens (including phenoxy) is 2. The second-order valence-corrected chi connectivity index (χ2v) is 5.34. The van der Waals surface area contributed by atoms with Gasteiger partial charge in [-0.25, -0.2) is 4.99 Å². The second-order valence-electron chi connectivity index (χ2n) is 5.34. The van der Waals surface area contributed by atoms with Crippen LogP contribution in [0.25, 0.3) is 0 Å². The molecular formula is C18H20F3N3O2. The fourth-order valence-electron chi connectivity index (χ4n) is 2.02. The molecule has 0 aliphatic heterocycles. The van der Waals surface area contributed by atoms with E-state index in [1.807, 2.05) is 30.3 Å². The van der Waals surface area contributed by atoms with Crippen molar-refractivity contribution >= 4 is 5.96 Å². The van der Waals surface area contributed by atoms with Gasteiger partial charge in [-0.15, -0.1) is 13.2 Å². The molecule has 26 heavy (non-hydrogen) atoms. The minimum atomic E-state index is -4.70. The maximum atomic E-state index is 12.1. The van der Waals surface area contributed by atoms with Gasteiger partial charge in [-0.1, -0.05) is 30.3 Å². The molecule has 2 rings (SSSR count). The Morgan fingerprint density at radius 1 is 1.00 bits per heavy atom. The molecule has 0 radical (unpaired) electrons. The van der Waals surface area contributed by atoms with Crippen molar-refractivity contribution in [3.05, 3.63) is 60.2 Å². The molecule has 0 bridgehead atoms. The Kier molecular flexibility index (Phi) is 7.13. The molecule has 0 atom stereocenters. The van der Waals surface area contributed by atoms with Crippen LogP contribution in [0.15, 0.2) is 59.6 Å². The zero-order chi connectivity index (χ0) is 18.8. The first-order chi connectivity index (χ1) is 12.4. The number of rotatable bonds is 8. The summed E-state index contributed by atoms with van der Waals surface area (Å²) in [5.41, 5.74) is 6.47. The van der Waals surface area contributed by atoms with E-state index in [0.717, 1.165) is 17.7 Å². The maximum Gasteiger partial charge on any atom is 0.573 e. The van der Waals surface area contributed by atoms with E-state index in [0.29, 0.717) is 13.2 Å². The van der Waals surface area contributed by atoms with Crippen molar-refractivity contribution in [3.8, 4) is 11.5 Å². The first-order valence-corrected chi connectivity index (χ1v) is 7.99. The van der Waals surface area contributed by atoms with Crippen LogP contribution in [-0.4, -0.2) is 25.5 Å². The number of aliphatic imine (C=N–C) groups is 1. The molecule has 3 N–H and O–H groups in total. The second kappa shape index (κ2) is 9.55. The maximum absolute atomic E-state index is 12.1. The summed E-state index contributed by atoms with van der Waals surface area (Å²) >= 11 is 0. The Morgan fingerprint density at radius 3 is 2.35 bits per heavy atom. The topological polar surface area (TPSA) is 68.9 Å². The van der Waals surface area contributed by atoms with Gasteiger partial charge < -0.3 is 20.5 Å². The first-order valence-electron chi connectivity index (χ1n) is 7.99. The Balaban J connectivity index is 1.66. The van der Waals surface area contributed by atoms with Crippen LogP contribution < -0.4 is 20.5 Å². The molecule has 0 heterocycles. The highest BCUT2D eigenvalue weighted by Crippen LogP contribution is 2.22. The summed E-state index contributed by atoms with van der Waals surface area (Å²) in [6, 6.07) is 15.0.